The fourth-order valence-corrected chi connectivity index (χ4v) is 3.03. The number of nitrogens with one attached hydrogen (secondary N) is 1. The molecular weight excluding hydrogens is 282 g/mol. The van der Waals surface area contributed by atoms with Gasteiger partial charge in [-0.1, -0.05) is 26.2 Å². The Kier molecular flexibility index (Phi) is 6.15. The van der Waals surface area contributed by atoms with Crippen LogP contribution in [-0.4, -0.2) is 35.3 Å². The van der Waals surface area contributed by atoms with Crippen molar-refractivity contribution in [2.75, 3.05) is 0 Å². The summed E-state index contributed by atoms with van der Waals surface area (Å²) in [6.45, 7) is 3.54. The van der Waals surface area contributed by atoms with Gasteiger partial charge in [-0.3, -0.25) is 9.48 Å². The van der Waals surface area contributed by atoms with Crippen LogP contribution in [0.5, 0.6) is 0 Å². The Morgan fingerprint density at radius 2 is 2.20 bits per heavy atom. The molecule has 0 saturated carbocycles. The summed E-state index contributed by atoms with van der Waals surface area (Å²) in [6, 6.07) is -0.158. The van der Waals surface area contributed by atoms with Crippen molar-refractivity contribution in [2.24, 2.45) is 0 Å². The maximum absolute atomic E-state index is 12.1. The van der Waals surface area contributed by atoms with Crippen LogP contribution in [0.15, 0.2) is 17.3 Å². The fourth-order valence-electron chi connectivity index (χ4n) is 1.80. The molecule has 1 aromatic rings. The number of rotatable bonds is 9. The van der Waals surface area contributed by atoms with E-state index in [2.05, 4.69) is 16.7 Å². The van der Waals surface area contributed by atoms with Gasteiger partial charge in [0, 0.05) is 12.2 Å². The smallest absolute Gasteiger partial charge is 0.325 e. The first-order chi connectivity index (χ1) is 9.35. The lowest BCUT2D eigenvalue weighted by Crippen LogP contribution is -2.32. The average Bonchev–Trinajstić information content (AvgIpc) is 2.77. The molecule has 8 heteroatoms. The first kappa shape index (κ1) is 16.6. The van der Waals surface area contributed by atoms with Gasteiger partial charge in [-0.2, -0.15) is 5.10 Å². The Balaban J connectivity index is 2.63. The standard InChI is InChI=1S/C12H21N3O4S/c1-3-4-5-6-10(2)14-20(18,19)11-7-13-15(8-11)9-12(16)17/h7-8,10,14H,3-6,9H2,1-2H3,(H,16,17). The van der Waals surface area contributed by atoms with Gasteiger partial charge >= 0.3 is 5.97 Å². The van der Waals surface area contributed by atoms with Crippen molar-refractivity contribution in [1.29, 1.82) is 0 Å². The Morgan fingerprint density at radius 1 is 1.50 bits per heavy atom. The van der Waals surface area contributed by atoms with Gasteiger partial charge < -0.3 is 5.11 Å². The lowest BCUT2D eigenvalue weighted by Gasteiger charge is -2.12. The van der Waals surface area contributed by atoms with E-state index < -0.39 is 16.0 Å². The molecule has 0 aliphatic carbocycles. The number of aliphatic carboxylic acids is 1. The quantitative estimate of drug-likeness (QED) is 0.668. The molecule has 7 nitrogen and oxygen atoms in total. The van der Waals surface area contributed by atoms with Crippen molar-refractivity contribution in [3.8, 4) is 0 Å². The highest BCUT2D eigenvalue weighted by atomic mass is 32.2. The molecule has 0 aliphatic rings. The van der Waals surface area contributed by atoms with Crippen molar-refractivity contribution < 1.29 is 18.3 Å². The highest BCUT2D eigenvalue weighted by Crippen LogP contribution is 2.10. The summed E-state index contributed by atoms with van der Waals surface area (Å²) < 4.78 is 27.8. The molecule has 1 heterocycles. The third-order valence-electron chi connectivity index (χ3n) is 2.81. The van der Waals surface area contributed by atoms with Gasteiger partial charge in [-0.15, -0.1) is 0 Å². The Bertz CT molecular complexity index is 539. The molecular formula is C12H21N3O4S. The maximum Gasteiger partial charge on any atom is 0.325 e. The van der Waals surface area contributed by atoms with E-state index in [1.807, 2.05) is 6.92 Å². The minimum Gasteiger partial charge on any atom is -0.480 e. The van der Waals surface area contributed by atoms with E-state index in [4.69, 9.17) is 5.11 Å². The third-order valence-corrected chi connectivity index (χ3v) is 4.36. The molecule has 0 fully saturated rings. The number of carbonyl (C=O) groups is 1. The van der Waals surface area contributed by atoms with Gasteiger partial charge in [0.15, 0.2) is 0 Å². The summed E-state index contributed by atoms with van der Waals surface area (Å²) >= 11 is 0. The van der Waals surface area contributed by atoms with Crippen LogP contribution in [-0.2, 0) is 21.4 Å². The SMILES string of the molecule is CCCCCC(C)NS(=O)(=O)c1cnn(CC(=O)O)c1. The van der Waals surface area contributed by atoms with Crippen molar-refractivity contribution in [2.45, 2.75) is 57.0 Å². The first-order valence-electron chi connectivity index (χ1n) is 6.61. The number of hydrogen-bond donors (Lipinski definition) is 2. The van der Waals surface area contributed by atoms with E-state index in [0.717, 1.165) is 36.6 Å². The second-order valence-electron chi connectivity index (χ2n) is 4.79. The number of carboxylic acid groups (broad SMARTS) is 1. The average molecular weight is 303 g/mol. The summed E-state index contributed by atoms with van der Waals surface area (Å²) in [7, 11) is -3.64. The zero-order chi connectivity index (χ0) is 15.2. The van der Waals surface area contributed by atoms with Crippen molar-refractivity contribution >= 4 is 16.0 Å². The molecule has 1 unspecified atom stereocenters. The number of aromatic nitrogens is 2. The Labute approximate surface area is 119 Å². The van der Waals surface area contributed by atoms with Gasteiger partial charge in [0.05, 0.1) is 6.20 Å². The first-order valence-corrected chi connectivity index (χ1v) is 8.10. The molecule has 1 rings (SSSR count). The van der Waals surface area contributed by atoms with Crippen LogP contribution in [0.3, 0.4) is 0 Å². The fraction of sp³-hybridized carbons (Fsp3) is 0.667. The van der Waals surface area contributed by atoms with E-state index in [9.17, 15) is 13.2 Å². The molecule has 1 aromatic heterocycles. The van der Waals surface area contributed by atoms with E-state index in [1.54, 1.807) is 0 Å². The second kappa shape index (κ2) is 7.39. The molecule has 0 amide bonds. The minimum atomic E-state index is -3.64. The Morgan fingerprint density at radius 3 is 2.80 bits per heavy atom. The van der Waals surface area contributed by atoms with E-state index in [0.29, 0.717) is 0 Å². The number of nitrogens with zero attached hydrogens (tertiary/aromatic N) is 2. The molecule has 0 aromatic carbocycles. The van der Waals surface area contributed by atoms with Crippen LogP contribution in [0.1, 0.15) is 39.5 Å². The van der Waals surface area contributed by atoms with Crippen LogP contribution in [0.2, 0.25) is 0 Å². The van der Waals surface area contributed by atoms with Crippen LogP contribution in [0.25, 0.3) is 0 Å². The number of unbranched alkanes of at least 4 members (excludes halogenated alkanes) is 2. The number of hydrogen-bond acceptors (Lipinski definition) is 4. The highest BCUT2D eigenvalue weighted by molar-refractivity contribution is 7.89. The normalized spacial score (nSPS) is 13.3. The second-order valence-corrected chi connectivity index (χ2v) is 6.50. The van der Waals surface area contributed by atoms with E-state index in [1.165, 1.54) is 6.20 Å². The molecule has 2 N–H and O–H groups in total. The summed E-state index contributed by atoms with van der Waals surface area (Å²) in [5.74, 6) is -1.07. The topological polar surface area (TPSA) is 101 Å². The molecule has 0 saturated heterocycles. The predicted octanol–water partition coefficient (Wildman–Crippen LogP) is 1.21. The minimum absolute atomic E-state index is 0.0129. The van der Waals surface area contributed by atoms with Gasteiger partial charge in [0.2, 0.25) is 10.0 Å². The zero-order valence-corrected chi connectivity index (χ0v) is 12.6. The number of sulfonamides is 1. The third kappa shape index (κ3) is 5.30. The zero-order valence-electron chi connectivity index (χ0n) is 11.7. The lowest BCUT2D eigenvalue weighted by atomic mass is 10.1. The molecule has 0 radical (unpaired) electrons. The number of carboxylic acids is 1. The van der Waals surface area contributed by atoms with Gasteiger partial charge in [-0.05, 0) is 13.3 Å². The van der Waals surface area contributed by atoms with Crippen LogP contribution >= 0.6 is 0 Å². The maximum atomic E-state index is 12.1. The summed E-state index contributed by atoms with van der Waals surface area (Å²) in [4.78, 5) is 10.5. The molecule has 114 valence electrons. The monoisotopic (exact) mass is 303 g/mol. The largest absolute Gasteiger partial charge is 0.480 e. The summed E-state index contributed by atoms with van der Waals surface area (Å²) in [5.41, 5.74) is 0. The molecule has 0 aliphatic heterocycles. The molecule has 0 bridgehead atoms. The molecule has 0 spiro atoms. The van der Waals surface area contributed by atoms with Crippen LogP contribution < -0.4 is 4.72 Å². The summed E-state index contributed by atoms with van der Waals surface area (Å²) in [6.07, 6.45) is 6.28. The van der Waals surface area contributed by atoms with Gasteiger partial charge in [0.1, 0.15) is 11.4 Å². The predicted molar refractivity (Wildman–Crippen MR) is 73.8 cm³/mol. The summed E-state index contributed by atoms with van der Waals surface area (Å²) in [5, 5.41) is 12.3. The Hall–Kier alpha value is -1.41. The van der Waals surface area contributed by atoms with Gasteiger partial charge in [0.25, 0.3) is 0 Å². The van der Waals surface area contributed by atoms with Crippen LogP contribution in [0.4, 0.5) is 0 Å². The lowest BCUT2D eigenvalue weighted by molar-refractivity contribution is -0.137. The molecule has 1 atom stereocenters. The van der Waals surface area contributed by atoms with Crippen LogP contribution in [0, 0.1) is 0 Å². The van der Waals surface area contributed by atoms with E-state index >= 15 is 0 Å². The van der Waals surface area contributed by atoms with Crippen molar-refractivity contribution in [1.82, 2.24) is 14.5 Å². The van der Waals surface area contributed by atoms with E-state index in [-0.39, 0.29) is 17.5 Å². The highest BCUT2D eigenvalue weighted by Gasteiger charge is 2.19. The van der Waals surface area contributed by atoms with Crippen molar-refractivity contribution in [3.05, 3.63) is 12.4 Å². The molecule has 20 heavy (non-hydrogen) atoms. The van der Waals surface area contributed by atoms with Crippen molar-refractivity contribution in [3.63, 3.8) is 0 Å². The van der Waals surface area contributed by atoms with Gasteiger partial charge in [-0.25, -0.2) is 13.1 Å².